The van der Waals surface area contributed by atoms with Crippen molar-refractivity contribution < 1.29 is 23.9 Å². The predicted molar refractivity (Wildman–Crippen MR) is 252 cm³/mol. The van der Waals surface area contributed by atoms with E-state index in [0.29, 0.717) is 23.3 Å². The molecule has 0 amide bonds. The van der Waals surface area contributed by atoms with Crippen LogP contribution in [0, 0.1) is 50.4 Å². The van der Waals surface area contributed by atoms with E-state index in [2.05, 4.69) is 71.4 Å². The van der Waals surface area contributed by atoms with Gasteiger partial charge in [-0.3, -0.25) is 14.4 Å². The summed E-state index contributed by atoms with van der Waals surface area (Å²) in [6.07, 6.45) is 21.2. The second-order valence-corrected chi connectivity index (χ2v) is 18.0. The molecule has 328 valence electrons. The van der Waals surface area contributed by atoms with Crippen LogP contribution in [-0.4, -0.2) is 59.5 Å². The van der Waals surface area contributed by atoms with Gasteiger partial charge in [0.25, 0.3) is 0 Å². The van der Waals surface area contributed by atoms with Gasteiger partial charge in [-0.15, -0.1) is 22.1 Å². The number of nitrogens with zero attached hydrogens (tertiary/aromatic N) is 2. The number of carbonyl (C=O) groups excluding carboxylic acids is 3. The largest absolute Gasteiger partial charge is 2.00 e. The van der Waals surface area contributed by atoms with Crippen molar-refractivity contribution in [2.24, 2.45) is 29.6 Å². The number of methoxy groups -OCH3 is 1. The van der Waals surface area contributed by atoms with Crippen LogP contribution in [0.1, 0.15) is 167 Å². The van der Waals surface area contributed by atoms with Crippen molar-refractivity contribution in [3.63, 3.8) is 0 Å². The minimum Gasteiger partial charge on any atom is -0.657 e. The maximum Gasteiger partial charge on any atom is 2.00 e. The van der Waals surface area contributed by atoms with Gasteiger partial charge in [0.05, 0.1) is 12.8 Å². The number of ether oxygens (including phenoxy) is 2. The third-order valence-electron chi connectivity index (χ3n) is 13.7. The van der Waals surface area contributed by atoms with Gasteiger partial charge in [-0.05, 0) is 82.4 Å². The Hall–Kier alpha value is -4.28. The van der Waals surface area contributed by atoms with Gasteiger partial charge in [0.1, 0.15) is 12.5 Å². The van der Waals surface area contributed by atoms with Gasteiger partial charge < -0.3 is 29.7 Å². The fraction of sp³-hybridized carbons (Fsp3) is 0.519. The molecule has 3 aliphatic rings. The van der Waals surface area contributed by atoms with Crippen LogP contribution in [0.25, 0.3) is 29.9 Å². The predicted octanol–water partition coefficient (Wildman–Crippen LogP) is 8.93. The van der Waals surface area contributed by atoms with E-state index < -0.39 is 11.9 Å². The van der Waals surface area contributed by atoms with Crippen molar-refractivity contribution in [3.05, 3.63) is 96.5 Å². The van der Waals surface area contributed by atoms with E-state index in [1.165, 1.54) is 51.2 Å². The smallest absolute Gasteiger partial charge is 0.657 e. The van der Waals surface area contributed by atoms with Crippen molar-refractivity contribution in [2.75, 3.05) is 13.7 Å². The molecule has 10 heteroatoms. The van der Waals surface area contributed by atoms with Crippen molar-refractivity contribution in [1.82, 2.24) is 20.3 Å². The maximum absolute atomic E-state index is 14.4. The molecule has 1 aliphatic carbocycles. The van der Waals surface area contributed by atoms with Gasteiger partial charge in [-0.1, -0.05) is 126 Å². The molecule has 2 N–H and O–H groups in total. The van der Waals surface area contributed by atoms with E-state index in [9.17, 15) is 14.4 Å². The molecule has 3 aromatic heterocycles. The van der Waals surface area contributed by atoms with Crippen LogP contribution in [0.5, 0.6) is 0 Å². The van der Waals surface area contributed by atoms with Crippen molar-refractivity contribution in [2.45, 2.75) is 133 Å². The number of H-pyrrole nitrogens is 1. The third-order valence-corrected chi connectivity index (χ3v) is 13.7. The summed E-state index contributed by atoms with van der Waals surface area (Å²) in [5.41, 5.74) is 11.7. The molecule has 6 rings (SSSR count). The molecule has 0 saturated carbocycles. The van der Waals surface area contributed by atoms with Crippen LogP contribution < -0.4 is 26.0 Å². The molecule has 5 atom stereocenters. The number of aromatic nitrogens is 3. The Balaban J connectivity index is 0.00000726. The number of allylic oxidation sites excluding steroid dienone is 3. The summed E-state index contributed by atoms with van der Waals surface area (Å²) in [7, 11) is 1.31. The van der Waals surface area contributed by atoms with Gasteiger partial charge in [0.15, 0.2) is 5.78 Å². The first-order valence-electron chi connectivity index (χ1n) is 22.8. The fourth-order valence-electron chi connectivity index (χ4n) is 9.89. The zero-order valence-corrected chi connectivity index (χ0v) is 40.5. The summed E-state index contributed by atoms with van der Waals surface area (Å²) in [5.74, 6) is -1.17. The normalized spacial score (nSPS) is 22.0. The van der Waals surface area contributed by atoms with E-state index in [0.717, 1.165) is 98.1 Å². The number of esters is 2. The first-order chi connectivity index (χ1) is 29.2. The molecule has 9 nitrogen and oxygen atoms in total. The van der Waals surface area contributed by atoms with Crippen molar-refractivity contribution in [3.8, 4) is 0 Å². The number of nitrogens with one attached hydrogen (secondary N) is 2. The Labute approximate surface area is 385 Å². The van der Waals surface area contributed by atoms with Crippen LogP contribution in [0.4, 0.5) is 0 Å². The Kier molecular flexibility index (Phi) is 16.8. The van der Waals surface area contributed by atoms with E-state index in [1.807, 2.05) is 38.2 Å². The van der Waals surface area contributed by atoms with E-state index in [4.69, 9.17) is 19.4 Å². The quantitative estimate of drug-likeness (QED) is 0.0563. The number of rotatable bonds is 18. The van der Waals surface area contributed by atoms with Crippen molar-refractivity contribution >= 4 is 70.7 Å². The van der Waals surface area contributed by atoms with E-state index >= 15 is 0 Å². The average Bonchev–Trinajstić information content (AvgIpc) is 3.97. The summed E-state index contributed by atoms with van der Waals surface area (Å²) < 4.78 is 11.1. The second-order valence-electron chi connectivity index (χ2n) is 18.0. The zero-order chi connectivity index (χ0) is 44.1. The Morgan fingerprint density at radius 3 is 2.31 bits per heavy atom. The van der Waals surface area contributed by atoms with Gasteiger partial charge in [-0.25, -0.2) is 0 Å². The molecule has 8 bridgehead atoms. The Bertz CT molecular complexity index is 2380. The Morgan fingerprint density at radius 1 is 0.919 bits per heavy atom. The van der Waals surface area contributed by atoms with Gasteiger partial charge in [0.2, 0.25) is 0 Å². The van der Waals surface area contributed by atoms with Crippen LogP contribution in [-0.2, 0) is 25.5 Å². The van der Waals surface area contributed by atoms with Gasteiger partial charge in [0, 0.05) is 46.5 Å². The minimum atomic E-state index is -1.16. The number of hydrogen-bond donors (Lipinski definition) is 2. The molecule has 3 aromatic rings. The molecule has 0 aromatic carbocycles. The number of Topliss-reactive ketones (excluding diaryl/α,β-unsaturated/α-hetero) is 1. The first kappa shape index (κ1) is 48.7. The van der Waals surface area contributed by atoms with Crippen LogP contribution >= 0.6 is 0 Å². The summed E-state index contributed by atoms with van der Waals surface area (Å²) in [6.45, 7) is 23.8. The average molecular weight is 853 g/mol. The molecule has 0 spiro atoms. The summed E-state index contributed by atoms with van der Waals surface area (Å²) in [4.78, 5) is 55.1. The molecule has 1 fully saturated rings. The molecular formula is C52H68MgN4O5. The number of ketones is 1. The van der Waals surface area contributed by atoms with Crippen LogP contribution in [0.2, 0.25) is 0 Å². The standard InChI is InChI=1S/C52H68N4O5.Mg/c1-12-17-29(4)18-15-19-30(5)20-16-21-31(6)24-25-61-45(57)23-22-38-34(9)41-26-39-32(7)36(13-2)43(53-39)27-40-33(8)37(14-3)44(54-40)28-42-35(10)46-50(56-42)47(49(38)55-41)48(51(46)58)52(59)60-11;/h13,24,26-30,34,38,48H,2,12,14-23,25H2,1,3-11H3,(H2,55,56,58);/q-2;+2/b31-24+,40-27-,41-26-,44-28-;/t29-,30-,34+,38+,48-;/m1./s1. The topological polar surface area (TPSA) is 126 Å². The number of hydrogen-bond acceptors (Lipinski definition) is 6. The SMILES string of the molecule is C=Cc1c2[n-]c(c1C)/C=C1\N/C(=C3\c4[nH]c(c(C)c4C(=O)[C@@H]3C(=O)OC)/C=c3\[n-]/c(c(C)c3CC)=C\2)[C@@H](CCC(=O)OC/C=C(\C)CCC[C@H](C)CCC[C@H](C)CCC)[C@@H]1C.[Mg+2]. The second kappa shape index (κ2) is 21.4. The van der Waals surface area contributed by atoms with E-state index in [1.54, 1.807) is 0 Å². The zero-order valence-electron chi connectivity index (χ0n) is 39.1. The molecule has 5 heterocycles. The monoisotopic (exact) mass is 853 g/mol. The fourth-order valence-corrected chi connectivity index (χ4v) is 9.89. The molecule has 0 unspecified atom stereocenters. The van der Waals surface area contributed by atoms with E-state index in [-0.39, 0.29) is 59.7 Å². The summed E-state index contributed by atoms with van der Waals surface area (Å²) in [6, 6.07) is 0. The summed E-state index contributed by atoms with van der Waals surface area (Å²) >= 11 is 0. The maximum atomic E-state index is 14.4. The number of fused-ring (bicyclic) bond motifs is 7. The molecule has 0 radical (unpaired) electrons. The number of carbonyl (C=O) groups is 3. The summed E-state index contributed by atoms with van der Waals surface area (Å²) in [5, 5.41) is 5.33. The molecule has 62 heavy (non-hydrogen) atoms. The van der Waals surface area contributed by atoms with Crippen LogP contribution in [0.15, 0.2) is 29.6 Å². The van der Waals surface area contributed by atoms with Crippen LogP contribution in [0.3, 0.4) is 0 Å². The molecule has 2 aliphatic heterocycles. The number of aromatic amines is 1. The third kappa shape index (κ3) is 10.2. The minimum absolute atomic E-state index is 0. The van der Waals surface area contributed by atoms with Crippen molar-refractivity contribution in [1.29, 1.82) is 0 Å². The Morgan fingerprint density at radius 2 is 1.63 bits per heavy atom. The van der Waals surface area contributed by atoms with Gasteiger partial charge >= 0.3 is 35.0 Å². The van der Waals surface area contributed by atoms with Gasteiger partial charge in [-0.2, -0.15) is 0 Å². The first-order valence-corrected chi connectivity index (χ1v) is 22.8. The molecule has 1 saturated heterocycles. The molecular weight excluding hydrogens is 785 g/mol.